The van der Waals surface area contributed by atoms with E-state index in [2.05, 4.69) is 22.8 Å². The minimum absolute atomic E-state index is 0.618. The van der Waals surface area contributed by atoms with Crippen molar-refractivity contribution in [3.63, 3.8) is 0 Å². The molecule has 2 aliphatic rings. The molecule has 0 bridgehead atoms. The van der Waals surface area contributed by atoms with E-state index in [9.17, 15) is 0 Å². The average molecular weight is 423 g/mol. The minimum atomic E-state index is 0.618. The third kappa shape index (κ3) is 3.30. The van der Waals surface area contributed by atoms with Crippen LogP contribution in [0.25, 0.3) is 31.3 Å². The van der Waals surface area contributed by atoms with Gasteiger partial charge >= 0.3 is 0 Å². The van der Waals surface area contributed by atoms with Gasteiger partial charge in [-0.1, -0.05) is 61.2 Å². The van der Waals surface area contributed by atoms with E-state index < -0.39 is 0 Å². The summed E-state index contributed by atoms with van der Waals surface area (Å²) in [5, 5.41) is 2.38. The van der Waals surface area contributed by atoms with Crippen molar-refractivity contribution in [1.29, 1.82) is 0 Å². The fourth-order valence-electron chi connectivity index (χ4n) is 5.12. The first-order valence-corrected chi connectivity index (χ1v) is 12.7. The van der Waals surface area contributed by atoms with Crippen molar-refractivity contribution in [1.82, 2.24) is 19.5 Å². The molecule has 150 valence electrons. The third-order valence-corrected chi connectivity index (χ3v) is 8.98. The highest BCUT2D eigenvalue weighted by atomic mass is 32.1. The molecule has 29 heavy (non-hydrogen) atoms. The molecule has 3 heterocycles. The molecular formula is C23H26N4S2. The predicted octanol–water partition coefficient (Wildman–Crippen LogP) is 7.32. The largest absolute Gasteiger partial charge is 0.327 e. The van der Waals surface area contributed by atoms with Gasteiger partial charge in [0.1, 0.15) is 5.01 Å². The number of hydrogen-bond acceptors (Lipinski definition) is 5. The molecule has 0 unspecified atom stereocenters. The van der Waals surface area contributed by atoms with Crippen LogP contribution in [0.2, 0.25) is 0 Å². The molecule has 2 fully saturated rings. The monoisotopic (exact) mass is 422 g/mol. The molecular weight excluding hydrogens is 396 g/mol. The molecule has 0 atom stereocenters. The molecule has 0 aliphatic heterocycles. The van der Waals surface area contributed by atoms with Crippen molar-refractivity contribution in [2.24, 2.45) is 0 Å². The molecule has 6 heteroatoms. The maximum Gasteiger partial charge on any atom is 0.155 e. The summed E-state index contributed by atoms with van der Waals surface area (Å²) in [6.45, 7) is 0. The van der Waals surface area contributed by atoms with E-state index in [0.717, 1.165) is 20.2 Å². The molecule has 3 aromatic heterocycles. The number of fused-ring (bicyclic) bond motifs is 2. The lowest BCUT2D eigenvalue weighted by atomic mass is 9.90. The van der Waals surface area contributed by atoms with Gasteiger partial charge in [0.25, 0.3) is 0 Å². The van der Waals surface area contributed by atoms with Crippen LogP contribution in [-0.2, 0) is 0 Å². The van der Waals surface area contributed by atoms with Crippen LogP contribution in [0.1, 0.15) is 81.2 Å². The summed E-state index contributed by atoms with van der Waals surface area (Å²) < 4.78 is 2.40. The number of imidazole rings is 1. The van der Waals surface area contributed by atoms with Gasteiger partial charge in [0.2, 0.25) is 0 Å². The number of thiazole rings is 2. The molecule has 4 aromatic rings. The first-order chi connectivity index (χ1) is 14.3. The van der Waals surface area contributed by atoms with Crippen LogP contribution in [0.4, 0.5) is 0 Å². The van der Waals surface area contributed by atoms with Crippen molar-refractivity contribution in [2.75, 3.05) is 0 Å². The molecule has 0 N–H and O–H groups in total. The molecule has 2 saturated carbocycles. The van der Waals surface area contributed by atoms with Gasteiger partial charge in [-0.15, -0.1) is 0 Å². The second-order valence-corrected chi connectivity index (χ2v) is 10.7. The number of rotatable bonds is 3. The number of hydrogen-bond donors (Lipinski definition) is 0. The van der Waals surface area contributed by atoms with E-state index >= 15 is 0 Å². The summed E-state index contributed by atoms with van der Waals surface area (Å²) in [5.41, 5.74) is 3.51. The van der Waals surface area contributed by atoms with Crippen molar-refractivity contribution >= 4 is 43.4 Å². The van der Waals surface area contributed by atoms with E-state index in [-0.39, 0.29) is 0 Å². The first-order valence-electron chi connectivity index (χ1n) is 11.1. The van der Waals surface area contributed by atoms with Gasteiger partial charge < -0.3 is 4.57 Å². The van der Waals surface area contributed by atoms with Crippen LogP contribution in [0.15, 0.2) is 24.5 Å². The molecule has 0 spiro atoms. The molecule has 2 aliphatic carbocycles. The molecule has 1 aromatic carbocycles. The molecule has 0 saturated heterocycles. The van der Waals surface area contributed by atoms with Gasteiger partial charge in [-0.25, -0.2) is 15.0 Å². The van der Waals surface area contributed by atoms with Gasteiger partial charge in [0.15, 0.2) is 9.66 Å². The quantitative estimate of drug-likeness (QED) is 0.347. The van der Waals surface area contributed by atoms with E-state index in [1.807, 2.05) is 17.7 Å². The first kappa shape index (κ1) is 18.0. The lowest BCUT2D eigenvalue weighted by molar-refractivity contribution is 0.359. The fraction of sp³-hybridized carbons (Fsp3) is 0.522. The Hall–Kier alpha value is -1.79. The van der Waals surface area contributed by atoms with Crippen LogP contribution in [0.3, 0.4) is 0 Å². The Labute approximate surface area is 179 Å². The van der Waals surface area contributed by atoms with Crippen LogP contribution in [0, 0.1) is 0 Å². The highest BCUT2D eigenvalue weighted by Gasteiger charge is 2.22. The van der Waals surface area contributed by atoms with Crippen molar-refractivity contribution in [2.45, 2.75) is 76.2 Å². The average Bonchev–Trinajstić information content (AvgIpc) is 3.47. The normalized spacial score (nSPS) is 19.4. The van der Waals surface area contributed by atoms with Gasteiger partial charge in [-0.05, 0) is 43.9 Å². The highest BCUT2D eigenvalue weighted by molar-refractivity contribution is 7.28. The highest BCUT2D eigenvalue weighted by Crippen LogP contribution is 2.40. The zero-order chi connectivity index (χ0) is 19.2. The summed E-state index contributed by atoms with van der Waals surface area (Å²) in [4.78, 5) is 16.8. The SMILES string of the molecule is c1cc2c(cc1-c1nc3sc(C4CCCCC4)nc3s1)ncn2C1CCCCC1. The Morgan fingerprint density at radius 1 is 0.828 bits per heavy atom. The van der Waals surface area contributed by atoms with Crippen molar-refractivity contribution in [3.8, 4) is 10.6 Å². The van der Waals surface area contributed by atoms with Gasteiger partial charge in [-0.3, -0.25) is 0 Å². The summed E-state index contributed by atoms with van der Waals surface area (Å²) in [5.74, 6) is 0.665. The predicted molar refractivity (Wildman–Crippen MR) is 122 cm³/mol. The zero-order valence-corrected chi connectivity index (χ0v) is 18.3. The Morgan fingerprint density at radius 2 is 1.59 bits per heavy atom. The summed E-state index contributed by atoms with van der Waals surface area (Å²) in [7, 11) is 0. The fourth-order valence-corrected chi connectivity index (χ4v) is 7.33. The summed E-state index contributed by atoms with van der Waals surface area (Å²) in [6, 6.07) is 7.28. The van der Waals surface area contributed by atoms with E-state index in [4.69, 9.17) is 15.0 Å². The molecule has 4 nitrogen and oxygen atoms in total. The van der Waals surface area contributed by atoms with Crippen molar-refractivity contribution < 1.29 is 0 Å². The number of nitrogens with zero attached hydrogens (tertiary/aromatic N) is 4. The van der Waals surface area contributed by atoms with Crippen LogP contribution in [-0.4, -0.2) is 19.5 Å². The molecule has 0 amide bonds. The van der Waals surface area contributed by atoms with E-state index in [0.29, 0.717) is 12.0 Å². The van der Waals surface area contributed by atoms with Crippen LogP contribution in [0.5, 0.6) is 0 Å². The standard InChI is InChI=1S/C23H26N4S2/c1-3-7-15(8-4-1)20-25-22-23(28-20)26-21(29-22)16-11-12-19-18(13-16)24-14-27(19)17-9-5-2-6-10-17/h11-15,17H,1-10H2. The van der Waals surface area contributed by atoms with Gasteiger partial charge in [0.05, 0.1) is 22.4 Å². The maximum absolute atomic E-state index is 4.96. The Bertz CT molecular complexity index is 1110. The summed E-state index contributed by atoms with van der Waals surface area (Å²) >= 11 is 3.55. The van der Waals surface area contributed by atoms with E-state index in [1.54, 1.807) is 11.3 Å². The van der Waals surface area contributed by atoms with E-state index in [1.165, 1.54) is 80.3 Å². The second-order valence-electron chi connectivity index (χ2n) is 8.66. The topological polar surface area (TPSA) is 43.6 Å². The number of benzene rings is 1. The van der Waals surface area contributed by atoms with Crippen LogP contribution >= 0.6 is 22.7 Å². The Kier molecular flexibility index (Phi) is 4.64. The van der Waals surface area contributed by atoms with Gasteiger partial charge in [0, 0.05) is 17.5 Å². The Balaban J connectivity index is 1.30. The molecule has 6 rings (SSSR count). The Morgan fingerprint density at radius 3 is 2.38 bits per heavy atom. The lowest BCUT2D eigenvalue weighted by Gasteiger charge is -2.23. The third-order valence-electron chi connectivity index (χ3n) is 6.74. The minimum Gasteiger partial charge on any atom is -0.327 e. The van der Waals surface area contributed by atoms with Crippen LogP contribution < -0.4 is 0 Å². The molecule has 0 radical (unpaired) electrons. The summed E-state index contributed by atoms with van der Waals surface area (Å²) in [6.07, 6.45) is 15.4. The lowest BCUT2D eigenvalue weighted by Crippen LogP contribution is -2.11. The second kappa shape index (κ2) is 7.47. The van der Waals surface area contributed by atoms with Gasteiger partial charge in [-0.2, -0.15) is 0 Å². The smallest absolute Gasteiger partial charge is 0.155 e. The zero-order valence-electron chi connectivity index (χ0n) is 16.6. The maximum atomic E-state index is 4.96. The van der Waals surface area contributed by atoms with Crippen molar-refractivity contribution in [3.05, 3.63) is 29.5 Å². The number of aromatic nitrogens is 4.